The van der Waals surface area contributed by atoms with E-state index in [0.717, 1.165) is 0 Å². The molecule has 0 amide bonds. The van der Waals surface area contributed by atoms with Crippen LogP contribution in [0.3, 0.4) is 0 Å². The fourth-order valence-corrected chi connectivity index (χ4v) is 0.795. The van der Waals surface area contributed by atoms with Gasteiger partial charge in [0.2, 0.25) is 5.88 Å². The van der Waals surface area contributed by atoms with E-state index in [1.54, 1.807) is 0 Å². The van der Waals surface area contributed by atoms with Crippen molar-refractivity contribution in [2.75, 3.05) is 12.3 Å². The average Bonchev–Trinajstić information content (AvgIpc) is 2.15. The number of aldehydes is 1. The summed E-state index contributed by atoms with van der Waals surface area (Å²) in [4.78, 5) is 13.9. The van der Waals surface area contributed by atoms with Crippen LogP contribution in [-0.4, -0.2) is 24.3 Å². The van der Waals surface area contributed by atoms with Gasteiger partial charge in [0.15, 0.2) is 12.9 Å². The number of nitrogens with zero attached hydrogens (tertiary/aromatic N) is 1. The molecule has 0 radical (unpaired) electrons. The number of halogens is 2. The van der Waals surface area contributed by atoms with Gasteiger partial charge in [-0.05, 0) is 6.07 Å². The molecule has 1 aromatic rings. The Morgan fingerprint density at radius 1 is 1.57 bits per heavy atom. The number of pyridine rings is 1. The van der Waals surface area contributed by atoms with Crippen molar-refractivity contribution in [3.63, 3.8) is 0 Å². The van der Waals surface area contributed by atoms with Crippen LogP contribution in [0.1, 0.15) is 10.4 Å². The molecule has 76 valence electrons. The summed E-state index contributed by atoms with van der Waals surface area (Å²) in [5.41, 5.74) is 5.53. The molecule has 14 heavy (non-hydrogen) atoms. The molecule has 0 unspecified atom stereocenters. The third kappa shape index (κ3) is 2.65. The minimum Gasteiger partial charge on any atom is -0.472 e. The molecular weight excluding hydrogens is 194 g/mol. The molecule has 0 saturated heterocycles. The Morgan fingerprint density at radius 3 is 2.79 bits per heavy atom. The predicted molar refractivity (Wildman–Crippen MR) is 45.5 cm³/mol. The van der Waals surface area contributed by atoms with Gasteiger partial charge in [0.05, 0.1) is 5.56 Å². The highest BCUT2D eigenvalue weighted by Crippen LogP contribution is 2.13. The Labute approximate surface area is 78.7 Å². The van der Waals surface area contributed by atoms with E-state index in [-0.39, 0.29) is 17.3 Å². The quantitative estimate of drug-likeness (QED) is 0.743. The van der Waals surface area contributed by atoms with Crippen LogP contribution in [0.15, 0.2) is 12.1 Å². The third-order valence-electron chi connectivity index (χ3n) is 1.42. The van der Waals surface area contributed by atoms with Gasteiger partial charge in [0.25, 0.3) is 6.43 Å². The molecule has 0 aliphatic rings. The van der Waals surface area contributed by atoms with Crippen LogP contribution in [0.4, 0.5) is 14.6 Å². The largest absolute Gasteiger partial charge is 0.472 e. The first-order valence-corrected chi connectivity index (χ1v) is 3.76. The zero-order chi connectivity index (χ0) is 10.6. The van der Waals surface area contributed by atoms with Gasteiger partial charge in [-0.1, -0.05) is 0 Å². The first kappa shape index (κ1) is 10.4. The van der Waals surface area contributed by atoms with Crippen LogP contribution >= 0.6 is 0 Å². The molecule has 1 rings (SSSR count). The van der Waals surface area contributed by atoms with Gasteiger partial charge in [0.1, 0.15) is 5.82 Å². The smallest absolute Gasteiger partial charge is 0.272 e. The Morgan fingerprint density at radius 2 is 2.29 bits per heavy atom. The van der Waals surface area contributed by atoms with Crippen molar-refractivity contribution >= 4 is 12.1 Å². The molecule has 0 spiro atoms. The van der Waals surface area contributed by atoms with Crippen LogP contribution in [-0.2, 0) is 0 Å². The molecule has 0 aliphatic heterocycles. The molecule has 0 aromatic carbocycles. The van der Waals surface area contributed by atoms with Gasteiger partial charge >= 0.3 is 0 Å². The highest BCUT2D eigenvalue weighted by Gasteiger charge is 2.06. The van der Waals surface area contributed by atoms with Crippen molar-refractivity contribution in [3.05, 3.63) is 17.7 Å². The maximum absolute atomic E-state index is 11.7. The highest BCUT2D eigenvalue weighted by molar-refractivity contribution is 5.81. The van der Waals surface area contributed by atoms with E-state index in [2.05, 4.69) is 9.72 Å². The third-order valence-corrected chi connectivity index (χ3v) is 1.42. The van der Waals surface area contributed by atoms with Gasteiger partial charge in [-0.15, -0.1) is 0 Å². The van der Waals surface area contributed by atoms with Crippen LogP contribution in [0, 0.1) is 0 Å². The number of ether oxygens (including phenoxy) is 1. The molecule has 0 atom stereocenters. The summed E-state index contributed by atoms with van der Waals surface area (Å²) in [5.74, 6) is -0.0554. The molecule has 0 aliphatic carbocycles. The Hall–Kier alpha value is -1.72. The summed E-state index contributed by atoms with van der Waals surface area (Å²) in [6.45, 7) is -0.743. The normalized spacial score (nSPS) is 10.2. The van der Waals surface area contributed by atoms with E-state index >= 15 is 0 Å². The first-order chi connectivity index (χ1) is 6.63. The number of hydrogen-bond acceptors (Lipinski definition) is 4. The fraction of sp³-hybridized carbons (Fsp3) is 0.250. The molecule has 0 fully saturated rings. The second-order valence-corrected chi connectivity index (χ2v) is 2.44. The zero-order valence-electron chi connectivity index (χ0n) is 7.11. The van der Waals surface area contributed by atoms with Crippen LogP contribution in [0.25, 0.3) is 0 Å². The van der Waals surface area contributed by atoms with E-state index in [9.17, 15) is 13.6 Å². The van der Waals surface area contributed by atoms with Crippen molar-refractivity contribution in [1.82, 2.24) is 4.98 Å². The van der Waals surface area contributed by atoms with E-state index in [1.807, 2.05) is 0 Å². The molecule has 0 bridgehead atoms. The maximum Gasteiger partial charge on any atom is 0.272 e. The molecule has 1 heterocycles. The van der Waals surface area contributed by atoms with Gasteiger partial charge in [0, 0.05) is 6.07 Å². The van der Waals surface area contributed by atoms with Gasteiger partial charge in [-0.3, -0.25) is 4.79 Å². The topological polar surface area (TPSA) is 65.2 Å². The molecule has 2 N–H and O–H groups in total. The van der Waals surface area contributed by atoms with Crippen molar-refractivity contribution in [2.24, 2.45) is 0 Å². The average molecular weight is 202 g/mol. The number of nitrogens with two attached hydrogens (primary N) is 1. The van der Waals surface area contributed by atoms with Gasteiger partial charge < -0.3 is 10.5 Å². The summed E-state index contributed by atoms with van der Waals surface area (Å²) in [5, 5.41) is 0. The summed E-state index contributed by atoms with van der Waals surface area (Å²) in [6.07, 6.45) is -2.04. The summed E-state index contributed by atoms with van der Waals surface area (Å²) in [7, 11) is 0. The van der Waals surface area contributed by atoms with E-state index < -0.39 is 13.0 Å². The number of aromatic nitrogens is 1. The van der Waals surface area contributed by atoms with E-state index in [1.165, 1.54) is 12.1 Å². The summed E-state index contributed by atoms with van der Waals surface area (Å²) < 4.78 is 28.0. The number of hydrogen-bond donors (Lipinski definition) is 1. The number of nitrogen functional groups attached to an aromatic ring is 1. The Balaban J connectivity index is 2.71. The number of rotatable bonds is 4. The van der Waals surface area contributed by atoms with Crippen molar-refractivity contribution in [2.45, 2.75) is 6.43 Å². The number of carbonyl (C=O) groups excluding carboxylic acids is 1. The minimum atomic E-state index is -2.57. The second kappa shape index (κ2) is 4.50. The predicted octanol–water partition coefficient (Wildman–Crippen LogP) is 1.12. The molecule has 4 nitrogen and oxygen atoms in total. The van der Waals surface area contributed by atoms with Crippen molar-refractivity contribution < 1.29 is 18.3 Å². The minimum absolute atomic E-state index is 0.0200. The lowest BCUT2D eigenvalue weighted by molar-refractivity contribution is 0.0796. The number of carbonyl (C=O) groups is 1. The highest BCUT2D eigenvalue weighted by atomic mass is 19.3. The Kier molecular flexibility index (Phi) is 3.33. The molecular formula is C8H8F2N2O2. The first-order valence-electron chi connectivity index (χ1n) is 3.76. The zero-order valence-corrected chi connectivity index (χ0v) is 7.11. The lowest BCUT2D eigenvalue weighted by Crippen LogP contribution is -2.09. The van der Waals surface area contributed by atoms with Gasteiger partial charge in [-0.2, -0.15) is 4.98 Å². The molecule has 0 saturated carbocycles. The second-order valence-electron chi connectivity index (χ2n) is 2.44. The monoisotopic (exact) mass is 202 g/mol. The van der Waals surface area contributed by atoms with Crippen LogP contribution in [0.2, 0.25) is 0 Å². The van der Waals surface area contributed by atoms with Crippen LogP contribution < -0.4 is 10.5 Å². The van der Waals surface area contributed by atoms with E-state index in [0.29, 0.717) is 6.29 Å². The number of alkyl halides is 2. The molecule has 1 aromatic heterocycles. The lowest BCUT2D eigenvalue weighted by atomic mass is 10.3. The van der Waals surface area contributed by atoms with Crippen molar-refractivity contribution in [3.8, 4) is 5.88 Å². The van der Waals surface area contributed by atoms with E-state index in [4.69, 9.17) is 5.73 Å². The van der Waals surface area contributed by atoms with Crippen LogP contribution in [0.5, 0.6) is 5.88 Å². The lowest BCUT2D eigenvalue weighted by Gasteiger charge is -2.05. The molecule has 6 heteroatoms. The Bertz CT molecular complexity index is 331. The van der Waals surface area contributed by atoms with Gasteiger partial charge in [-0.25, -0.2) is 8.78 Å². The maximum atomic E-state index is 11.7. The standard InChI is InChI=1S/C8H8F2N2O2/c9-6(10)4-14-7-2-1-5(3-13)8(11)12-7/h1-3,6H,4H2,(H2,11,12). The summed E-state index contributed by atoms with van der Waals surface area (Å²) in [6, 6.07) is 2.67. The summed E-state index contributed by atoms with van der Waals surface area (Å²) >= 11 is 0. The fourth-order valence-electron chi connectivity index (χ4n) is 0.795. The van der Waals surface area contributed by atoms with Crippen molar-refractivity contribution in [1.29, 1.82) is 0 Å². The number of anilines is 1. The SMILES string of the molecule is Nc1nc(OCC(F)F)ccc1C=O.